The van der Waals surface area contributed by atoms with E-state index in [0.29, 0.717) is 0 Å². The molecular weight excluding hydrogens is 289 g/mol. The molecule has 0 radical (unpaired) electrons. The number of benzene rings is 1. The average Bonchev–Trinajstić information content (AvgIpc) is 2.67. The Kier molecular flexibility index (Phi) is 3.42. The van der Waals surface area contributed by atoms with Gasteiger partial charge >= 0.3 is 0 Å². The van der Waals surface area contributed by atoms with E-state index >= 15 is 0 Å². The van der Waals surface area contributed by atoms with Crippen LogP contribution in [0.3, 0.4) is 0 Å². The maximum absolute atomic E-state index is 13.2. The van der Waals surface area contributed by atoms with Crippen molar-refractivity contribution in [3.63, 3.8) is 0 Å². The molecule has 2 N–H and O–H groups in total. The predicted molar refractivity (Wildman–Crippen MR) is 69.2 cm³/mol. The van der Waals surface area contributed by atoms with Gasteiger partial charge in [-0.3, -0.25) is 0 Å². The Balaban J connectivity index is 2.40. The molecule has 1 atom stereocenters. The SMILES string of the molecule is Cc1ccc(F)cc1C(N)c1csc(Br)c1. The lowest BCUT2D eigenvalue weighted by Gasteiger charge is -2.13. The standard InChI is InChI=1S/C12H11BrFNS/c1-7-2-3-9(14)5-10(7)12(15)8-4-11(13)16-6-8/h2-6,12H,15H2,1H3. The van der Waals surface area contributed by atoms with Gasteiger partial charge in [-0.15, -0.1) is 11.3 Å². The molecule has 16 heavy (non-hydrogen) atoms. The van der Waals surface area contributed by atoms with Gasteiger partial charge in [-0.25, -0.2) is 4.39 Å². The summed E-state index contributed by atoms with van der Waals surface area (Å²) in [7, 11) is 0. The first-order valence-electron chi connectivity index (χ1n) is 4.83. The first-order chi connectivity index (χ1) is 7.58. The van der Waals surface area contributed by atoms with Crippen molar-refractivity contribution >= 4 is 27.3 Å². The summed E-state index contributed by atoms with van der Waals surface area (Å²) in [5, 5.41) is 1.99. The summed E-state index contributed by atoms with van der Waals surface area (Å²) in [5.41, 5.74) is 8.97. The minimum atomic E-state index is -0.266. The van der Waals surface area contributed by atoms with E-state index in [4.69, 9.17) is 5.73 Å². The monoisotopic (exact) mass is 299 g/mol. The third-order valence-electron chi connectivity index (χ3n) is 2.52. The van der Waals surface area contributed by atoms with E-state index in [9.17, 15) is 4.39 Å². The number of halogens is 2. The average molecular weight is 300 g/mol. The maximum atomic E-state index is 13.2. The van der Waals surface area contributed by atoms with E-state index in [1.165, 1.54) is 12.1 Å². The molecule has 0 saturated heterocycles. The Hall–Kier alpha value is -0.710. The van der Waals surface area contributed by atoms with Crippen molar-refractivity contribution in [3.05, 3.63) is 55.9 Å². The van der Waals surface area contributed by atoms with Gasteiger partial charge in [0.05, 0.1) is 9.83 Å². The molecule has 0 aliphatic heterocycles. The third-order valence-corrected chi connectivity index (χ3v) is 4.05. The maximum Gasteiger partial charge on any atom is 0.123 e. The van der Waals surface area contributed by atoms with Crippen LogP contribution in [0.15, 0.2) is 33.4 Å². The van der Waals surface area contributed by atoms with Crippen LogP contribution in [0.5, 0.6) is 0 Å². The number of aryl methyl sites for hydroxylation is 1. The summed E-state index contributed by atoms with van der Waals surface area (Å²) in [5.74, 6) is -0.245. The highest BCUT2D eigenvalue weighted by Crippen LogP contribution is 2.29. The van der Waals surface area contributed by atoms with E-state index < -0.39 is 0 Å². The topological polar surface area (TPSA) is 26.0 Å². The number of rotatable bonds is 2. The normalized spacial score (nSPS) is 12.8. The highest BCUT2D eigenvalue weighted by Gasteiger charge is 2.13. The third kappa shape index (κ3) is 2.34. The van der Waals surface area contributed by atoms with E-state index in [1.54, 1.807) is 17.4 Å². The molecule has 1 aromatic heterocycles. The predicted octanol–water partition coefficient (Wildman–Crippen LogP) is 4.01. The molecule has 0 aliphatic rings. The molecule has 1 heterocycles. The van der Waals surface area contributed by atoms with Crippen LogP contribution in [0.4, 0.5) is 4.39 Å². The molecule has 1 nitrogen and oxygen atoms in total. The molecule has 1 unspecified atom stereocenters. The van der Waals surface area contributed by atoms with Crippen LogP contribution < -0.4 is 5.73 Å². The van der Waals surface area contributed by atoms with E-state index in [-0.39, 0.29) is 11.9 Å². The van der Waals surface area contributed by atoms with Crippen LogP contribution in [0, 0.1) is 12.7 Å². The quantitative estimate of drug-likeness (QED) is 0.891. The summed E-state index contributed by atoms with van der Waals surface area (Å²) in [4.78, 5) is 0. The largest absolute Gasteiger partial charge is 0.320 e. The van der Waals surface area contributed by atoms with Crippen LogP contribution in [-0.2, 0) is 0 Å². The smallest absolute Gasteiger partial charge is 0.123 e. The van der Waals surface area contributed by atoms with Gasteiger partial charge in [0.1, 0.15) is 5.82 Å². The Morgan fingerprint density at radius 1 is 1.38 bits per heavy atom. The molecule has 2 aromatic rings. The van der Waals surface area contributed by atoms with Gasteiger partial charge in [-0.05, 0) is 63.1 Å². The van der Waals surface area contributed by atoms with Gasteiger partial charge in [0.15, 0.2) is 0 Å². The lowest BCUT2D eigenvalue weighted by atomic mass is 9.98. The molecule has 0 bridgehead atoms. The second-order valence-corrected chi connectivity index (χ2v) is 5.95. The summed E-state index contributed by atoms with van der Waals surface area (Å²) >= 11 is 4.98. The van der Waals surface area contributed by atoms with Crippen LogP contribution in [-0.4, -0.2) is 0 Å². The number of thiophene rings is 1. The second kappa shape index (κ2) is 4.65. The van der Waals surface area contributed by atoms with Gasteiger partial charge in [-0.2, -0.15) is 0 Å². The Morgan fingerprint density at radius 2 is 2.12 bits per heavy atom. The molecular formula is C12H11BrFNS. The van der Waals surface area contributed by atoms with Crippen molar-refractivity contribution < 1.29 is 4.39 Å². The van der Waals surface area contributed by atoms with Crippen molar-refractivity contribution in [2.75, 3.05) is 0 Å². The van der Waals surface area contributed by atoms with Crippen LogP contribution in [0.1, 0.15) is 22.7 Å². The van der Waals surface area contributed by atoms with Crippen molar-refractivity contribution in [2.24, 2.45) is 5.73 Å². The molecule has 4 heteroatoms. The number of hydrogen-bond donors (Lipinski definition) is 1. The van der Waals surface area contributed by atoms with Gasteiger partial charge in [0.25, 0.3) is 0 Å². The molecule has 84 valence electrons. The molecule has 0 aliphatic carbocycles. The van der Waals surface area contributed by atoms with Crippen molar-refractivity contribution in [2.45, 2.75) is 13.0 Å². The minimum absolute atomic E-state index is 0.245. The Bertz CT molecular complexity index is 509. The molecule has 2 rings (SSSR count). The summed E-state index contributed by atoms with van der Waals surface area (Å²) in [6, 6.07) is 6.42. The van der Waals surface area contributed by atoms with Crippen molar-refractivity contribution in [1.82, 2.24) is 0 Å². The zero-order valence-electron chi connectivity index (χ0n) is 8.71. The summed E-state index contributed by atoms with van der Waals surface area (Å²) < 4.78 is 14.2. The zero-order valence-corrected chi connectivity index (χ0v) is 11.1. The molecule has 1 aromatic carbocycles. The van der Waals surface area contributed by atoms with Gasteiger partial charge in [-0.1, -0.05) is 6.07 Å². The summed E-state index contributed by atoms with van der Waals surface area (Å²) in [6.45, 7) is 1.94. The molecule has 0 amide bonds. The highest BCUT2D eigenvalue weighted by molar-refractivity contribution is 9.11. The minimum Gasteiger partial charge on any atom is -0.320 e. The zero-order chi connectivity index (χ0) is 11.7. The Morgan fingerprint density at radius 3 is 2.75 bits per heavy atom. The Labute approximate surface area is 106 Å². The number of nitrogens with two attached hydrogens (primary N) is 1. The second-order valence-electron chi connectivity index (χ2n) is 3.66. The van der Waals surface area contributed by atoms with Crippen molar-refractivity contribution in [1.29, 1.82) is 0 Å². The van der Waals surface area contributed by atoms with Gasteiger partial charge in [0, 0.05) is 0 Å². The van der Waals surface area contributed by atoms with Crippen molar-refractivity contribution in [3.8, 4) is 0 Å². The lowest BCUT2D eigenvalue weighted by Crippen LogP contribution is -2.12. The molecule has 0 fully saturated rings. The fourth-order valence-electron chi connectivity index (χ4n) is 1.61. The molecule has 0 spiro atoms. The summed E-state index contributed by atoms with van der Waals surface area (Å²) in [6.07, 6.45) is 0. The first kappa shape index (κ1) is 11.8. The van der Waals surface area contributed by atoms with Gasteiger partial charge < -0.3 is 5.73 Å². The number of hydrogen-bond acceptors (Lipinski definition) is 2. The first-order valence-corrected chi connectivity index (χ1v) is 6.51. The van der Waals surface area contributed by atoms with E-state index in [0.717, 1.165) is 20.5 Å². The lowest BCUT2D eigenvalue weighted by molar-refractivity contribution is 0.623. The van der Waals surface area contributed by atoms with Gasteiger partial charge in [0.2, 0.25) is 0 Å². The van der Waals surface area contributed by atoms with E-state index in [2.05, 4.69) is 15.9 Å². The fraction of sp³-hybridized carbons (Fsp3) is 0.167. The van der Waals surface area contributed by atoms with Crippen LogP contribution in [0.2, 0.25) is 0 Å². The fourth-order valence-corrected chi connectivity index (χ4v) is 2.82. The van der Waals surface area contributed by atoms with Crippen LogP contribution >= 0.6 is 27.3 Å². The molecule has 0 saturated carbocycles. The highest BCUT2D eigenvalue weighted by atomic mass is 79.9. The van der Waals surface area contributed by atoms with E-state index in [1.807, 2.05) is 18.4 Å². The van der Waals surface area contributed by atoms with Crippen LogP contribution in [0.25, 0.3) is 0 Å².